The largest absolute Gasteiger partial charge is 0.491 e. The molecule has 1 unspecified atom stereocenters. The summed E-state index contributed by atoms with van der Waals surface area (Å²) in [4.78, 5) is 10.9. The quantitative estimate of drug-likeness (QED) is 0.574. The van der Waals surface area contributed by atoms with E-state index < -0.39 is 12.0 Å². The van der Waals surface area contributed by atoms with Crippen molar-refractivity contribution in [2.24, 2.45) is 5.73 Å². The maximum atomic E-state index is 10.9. The first kappa shape index (κ1) is 20.2. The zero-order valence-corrected chi connectivity index (χ0v) is 16.0. The van der Waals surface area contributed by atoms with E-state index in [1.807, 2.05) is 42.5 Å². The Kier molecular flexibility index (Phi) is 7.28. The van der Waals surface area contributed by atoms with Gasteiger partial charge in [-0.2, -0.15) is 0 Å². The van der Waals surface area contributed by atoms with Crippen LogP contribution in [0.15, 0.2) is 48.5 Å². The molecule has 1 aliphatic rings. The summed E-state index contributed by atoms with van der Waals surface area (Å²) in [6, 6.07) is 15.7. The minimum Gasteiger partial charge on any atom is -0.491 e. The molecule has 1 amide bonds. The summed E-state index contributed by atoms with van der Waals surface area (Å²) in [5.41, 5.74) is 7.67. The van der Waals surface area contributed by atoms with Gasteiger partial charge in [0.15, 0.2) is 6.61 Å². The summed E-state index contributed by atoms with van der Waals surface area (Å²) in [6.45, 7) is 0.615. The van der Waals surface area contributed by atoms with Crippen LogP contribution in [0.5, 0.6) is 11.5 Å². The molecule has 0 aromatic heterocycles. The SMILES string of the molecule is NC(=O)COc1ccc2c(c1)CC(NC[C@H](O)COc1ccccc1)CCC2. The van der Waals surface area contributed by atoms with Crippen LogP contribution in [0.1, 0.15) is 24.0 Å². The van der Waals surface area contributed by atoms with Gasteiger partial charge >= 0.3 is 0 Å². The highest BCUT2D eigenvalue weighted by Crippen LogP contribution is 2.25. The van der Waals surface area contributed by atoms with Crippen LogP contribution in [-0.2, 0) is 17.6 Å². The van der Waals surface area contributed by atoms with Gasteiger partial charge in [-0.15, -0.1) is 0 Å². The van der Waals surface area contributed by atoms with Gasteiger partial charge in [0.05, 0.1) is 0 Å². The number of hydrogen-bond acceptors (Lipinski definition) is 5. The van der Waals surface area contributed by atoms with Crippen molar-refractivity contribution in [2.75, 3.05) is 19.8 Å². The molecule has 0 spiro atoms. The fourth-order valence-electron chi connectivity index (χ4n) is 3.43. The number of amides is 1. The minimum absolute atomic E-state index is 0.117. The van der Waals surface area contributed by atoms with E-state index in [2.05, 4.69) is 11.4 Å². The van der Waals surface area contributed by atoms with Gasteiger partial charge in [-0.05, 0) is 61.1 Å². The predicted octanol–water partition coefficient (Wildman–Crippen LogP) is 1.83. The zero-order chi connectivity index (χ0) is 19.8. The number of aliphatic hydroxyl groups is 1. The van der Waals surface area contributed by atoms with E-state index in [-0.39, 0.29) is 19.3 Å². The molecule has 0 bridgehead atoms. The first-order valence-electron chi connectivity index (χ1n) is 9.72. The van der Waals surface area contributed by atoms with Gasteiger partial charge in [0.2, 0.25) is 0 Å². The van der Waals surface area contributed by atoms with Gasteiger partial charge in [0, 0.05) is 12.6 Å². The van der Waals surface area contributed by atoms with E-state index in [1.165, 1.54) is 11.1 Å². The Balaban J connectivity index is 1.50. The lowest BCUT2D eigenvalue weighted by atomic mass is 10.0. The number of ether oxygens (including phenoxy) is 2. The van der Waals surface area contributed by atoms with Crippen molar-refractivity contribution in [3.63, 3.8) is 0 Å². The standard InChI is InChI=1S/C22H28N2O4/c23-22(26)15-28-21-10-9-16-5-4-6-18(11-17(16)12-21)24-13-19(25)14-27-20-7-2-1-3-8-20/h1-3,7-10,12,18-19,24-25H,4-6,11,13-15H2,(H2,23,26)/t18?,19-/m0/s1. The fraction of sp³-hybridized carbons (Fsp3) is 0.409. The Morgan fingerprint density at radius 1 is 1.14 bits per heavy atom. The minimum atomic E-state index is -0.576. The monoisotopic (exact) mass is 384 g/mol. The second-order valence-corrected chi connectivity index (χ2v) is 7.16. The topological polar surface area (TPSA) is 93.8 Å². The van der Waals surface area contributed by atoms with Crippen LogP contribution < -0.4 is 20.5 Å². The lowest BCUT2D eigenvalue weighted by Crippen LogP contribution is -2.39. The molecule has 0 saturated heterocycles. The van der Waals surface area contributed by atoms with Crippen LogP contribution in [0.3, 0.4) is 0 Å². The molecule has 2 aromatic carbocycles. The van der Waals surface area contributed by atoms with Gasteiger partial charge in [-0.1, -0.05) is 24.3 Å². The van der Waals surface area contributed by atoms with Crippen molar-refractivity contribution in [2.45, 2.75) is 37.8 Å². The molecule has 0 fully saturated rings. The van der Waals surface area contributed by atoms with E-state index in [4.69, 9.17) is 15.2 Å². The van der Waals surface area contributed by atoms with E-state index in [0.717, 1.165) is 31.4 Å². The predicted molar refractivity (Wildman–Crippen MR) is 108 cm³/mol. The number of benzene rings is 2. The molecule has 2 aromatic rings. The Hall–Kier alpha value is -2.57. The average molecular weight is 384 g/mol. The van der Waals surface area contributed by atoms with Crippen molar-refractivity contribution >= 4 is 5.91 Å². The summed E-state index contributed by atoms with van der Waals surface area (Å²) in [5, 5.41) is 13.7. The van der Waals surface area contributed by atoms with Gasteiger partial charge in [0.1, 0.15) is 24.2 Å². The van der Waals surface area contributed by atoms with Gasteiger partial charge < -0.3 is 25.6 Å². The molecule has 0 aliphatic heterocycles. The molecule has 0 saturated carbocycles. The summed E-state index contributed by atoms with van der Waals surface area (Å²) in [5.74, 6) is 0.934. The number of hydrogen-bond donors (Lipinski definition) is 3. The summed E-state index contributed by atoms with van der Waals surface area (Å²) < 4.78 is 11.0. The van der Waals surface area contributed by atoms with Crippen LogP contribution in [0.25, 0.3) is 0 Å². The molecule has 6 heteroatoms. The average Bonchev–Trinajstić information content (AvgIpc) is 2.91. The third-order valence-electron chi connectivity index (χ3n) is 4.85. The first-order chi connectivity index (χ1) is 13.6. The van der Waals surface area contributed by atoms with Crippen molar-refractivity contribution in [1.29, 1.82) is 0 Å². The number of carbonyl (C=O) groups is 1. The third-order valence-corrected chi connectivity index (χ3v) is 4.85. The normalized spacial score (nSPS) is 17.2. The number of carbonyl (C=O) groups excluding carboxylic acids is 1. The molecular formula is C22H28N2O4. The molecular weight excluding hydrogens is 356 g/mol. The van der Waals surface area contributed by atoms with Crippen LogP contribution in [0, 0.1) is 0 Å². The third kappa shape index (κ3) is 6.25. The van der Waals surface area contributed by atoms with Crippen LogP contribution in [-0.4, -0.2) is 42.9 Å². The molecule has 3 rings (SSSR count). The van der Waals surface area contributed by atoms with Crippen LogP contribution >= 0.6 is 0 Å². The maximum absolute atomic E-state index is 10.9. The highest BCUT2D eigenvalue weighted by atomic mass is 16.5. The van der Waals surface area contributed by atoms with E-state index in [0.29, 0.717) is 12.3 Å². The second kappa shape index (κ2) is 10.1. The highest BCUT2D eigenvalue weighted by molar-refractivity contribution is 5.75. The van der Waals surface area contributed by atoms with Crippen molar-refractivity contribution in [3.8, 4) is 11.5 Å². The van der Waals surface area contributed by atoms with E-state index in [9.17, 15) is 9.90 Å². The molecule has 2 atom stereocenters. The van der Waals surface area contributed by atoms with Gasteiger partial charge in [-0.25, -0.2) is 0 Å². The number of para-hydroxylation sites is 1. The summed E-state index contributed by atoms with van der Waals surface area (Å²) in [7, 11) is 0. The fourth-order valence-corrected chi connectivity index (χ4v) is 3.43. The molecule has 28 heavy (non-hydrogen) atoms. The molecule has 6 nitrogen and oxygen atoms in total. The number of primary amides is 1. The number of aliphatic hydroxyl groups excluding tert-OH is 1. The number of fused-ring (bicyclic) bond motifs is 1. The summed E-state index contributed by atoms with van der Waals surface area (Å²) >= 11 is 0. The number of rotatable bonds is 9. The van der Waals surface area contributed by atoms with Gasteiger partial charge in [0.25, 0.3) is 5.91 Å². The van der Waals surface area contributed by atoms with Crippen molar-refractivity contribution < 1.29 is 19.4 Å². The Morgan fingerprint density at radius 2 is 1.96 bits per heavy atom. The van der Waals surface area contributed by atoms with Crippen molar-refractivity contribution in [1.82, 2.24) is 5.32 Å². The van der Waals surface area contributed by atoms with E-state index >= 15 is 0 Å². The molecule has 0 heterocycles. The lowest BCUT2D eigenvalue weighted by Gasteiger charge is -2.20. The number of aryl methyl sites for hydroxylation is 1. The Bertz CT molecular complexity index is 766. The number of nitrogens with two attached hydrogens (primary N) is 1. The zero-order valence-electron chi connectivity index (χ0n) is 16.0. The summed E-state index contributed by atoms with van der Waals surface area (Å²) in [6.07, 6.45) is 3.42. The first-order valence-corrected chi connectivity index (χ1v) is 9.72. The smallest absolute Gasteiger partial charge is 0.255 e. The Labute approximate surface area is 165 Å². The molecule has 0 radical (unpaired) electrons. The number of nitrogens with one attached hydrogen (secondary N) is 1. The van der Waals surface area contributed by atoms with Gasteiger partial charge in [-0.3, -0.25) is 4.79 Å². The lowest BCUT2D eigenvalue weighted by molar-refractivity contribution is -0.119. The van der Waals surface area contributed by atoms with Crippen molar-refractivity contribution in [3.05, 3.63) is 59.7 Å². The maximum Gasteiger partial charge on any atom is 0.255 e. The molecule has 4 N–H and O–H groups in total. The van der Waals surface area contributed by atoms with E-state index in [1.54, 1.807) is 0 Å². The Morgan fingerprint density at radius 3 is 2.75 bits per heavy atom. The molecule has 1 aliphatic carbocycles. The molecule has 150 valence electrons. The van der Waals surface area contributed by atoms with Crippen LogP contribution in [0.4, 0.5) is 0 Å². The highest BCUT2D eigenvalue weighted by Gasteiger charge is 2.18. The van der Waals surface area contributed by atoms with Crippen LogP contribution in [0.2, 0.25) is 0 Å². The second-order valence-electron chi connectivity index (χ2n) is 7.16.